The van der Waals surface area contributed by atoms with E-state index < -0.39 is 0 Å². The minimum Gasteiger partial charge on any atom is -0.376 e. The smallest absolute Gasteiger partial charge is 0.101 e. The van der Waals surface area contributed by atoms with Gasteiger partial charge < -0.3 is 14.8 Å². The molecule has 0 amide bonds. The molecule has 1 N–H and O–H groups in total. The summed E-state index contributed by atoms with van der Waals surface area (Å²) in [5.74, 6) is 0. The van der Waals surface area contributed by atoms with E-state index in [-0.39, 0.29) is 12.1 Å². The monoisotopic (exact) mass is 305 g/mol. The predicted octanol–water partition coefficient (Wildman–Crippen LogP) is 2.58. The Hall–Kier alpha value is 0.0600. The Bertz CT molecular complexity index is 326. The highest BCUT2D eigenvalue weighted by molar-refractivity contribution is 9.11. The number of ether oxygens (including phenoxy) is 2. The fourth-order valence-corrected chi connectivity index (χ4v) is 3.38. The molecule has 90 valence electrons. The summed E-state index contributed by atoms with van der Waals surface area (Å²) >= 11 is 5.24. The molecule has 2 unspecified atom stereocenters. The minimum absolute atomic E-state index is 0.124. The first-order chi connectivity index (χ1) is 7.81. The minimum atomic E-state index is 0.124. The standard InChI is InChI=1S/C11H16BrNO2S/c1-2-13-11(8-7-14-5-6-15-8)9-3-4-10(12)16-9/h3-4,8,11,13H,2,5-7H2,1H3. The molecule has 0 radical (unpaired) electrons. The van der Waals surface area contributed by atoms with Gasteiger partial charge in [-0.25, -0.2) is 0 Å². The average Bonchev–Trinajstić information content (AvgIpc) is 2.74. The first kappa shape index (κ1) is 12.5. The first-order valence-corrected chi connectivity index (χ1v) is 7.10. The van der Waals surface area contributed by atoms with Crippen LogP contribution in [0.3, 0.4) is 0 Å². The van der Waals surface area contributed by atoms with E-state index >= 15 is 0 Å². The molecule has 2 atom stereocenters. The molecule has 0 aromatic carbocycles. The lowest BCUT2D eigenvalue weighted by atomic mass is 10.1. The van der Waals surface area contributed by atoms with Crippen LogP contribution in [0.5, 0.6) is 0 Å². The molecule has 2 heterocycles. The van der Waals surface area contributed by atoms with Crippen molar-refractivity contribution in [3.05, 3.63) is 20.8 Å². The third-order valence-corrected chi connectivity index (χ3v) is 4.24. The normalized spacial score (nSPS) is 23.2. The fourth-order valence-electron chi connectivity index (χ4n) is 1.83. The Morgan fingerprint density at radius 2 is 2.44 bits per heavy atom. The predicted molar refractivity (Wildman–Crippen MR) is 69.0 cm³/mol. The highest BCUT2D eigenvalue weighted by atomic mass is 79.9. The van der Waals surface area contributed by atoms with Gasteiger partial charge in [0.15, 0.2) is 0 Å². The number of hydrogen-bond donors (Lipinski definition) is 1. The summed E-state index contributed by atoms with van der Waals surface area (Å²) in [6, 6.07) is 4.45. The molecule has 1 aromatic heterocycles. The number of thiophene rings is 1. The van der Waals surface area contributed by atoms with Gasteiger partial charge in [0, 0.05) is 4.88 Å². The Morgan fingerprint density at radius 1 is 1.56 bits per heavy atom. The SMILES string of the molecule is CCNC(c1ccc(Br)s1)C1COCCO1. The molecule has 1 fully saturated rings. The maximum atomic E-state index is 5.76. The van der Waals surface area contributed by atoms with E-state index in [4.69, 9.17) is 9.47 Å². The van der Waals surface area contributed by atoms with Crippen LogP contribution in [0.1, 0.15) is 17.8 Å². The molecule has 1 aliphatic heterocycles. The Morgan fingerprint density at radius 3 is 3.00 bits per heavy atom. The van der Waals surface area contributed by atoms with Crippen molar-refractivity contribution in [2.45, 2.75) is 19.1 Å². The molecule has 1 aliphatic rings. The molecule has 1 aromatic rings. The van der Waals surface area contributed by atoms with Crippen LogP contribution >= 0.6 is 27.3 Å². The number of rotatable bonds is 4. The van der Waals surface area contributed by atoms with Crippen LogP contribution in [-0.2, 0) is 9.47 Å². The molecule has 3 nitrogen and oxygen atoms in total. The third kappa shape index (κ3) is 3.05. The maximum absolute atomic E-state index is 5.76. The summed E-state index contributed by atoms with van der Waals surface area (Å²) in [7, 11) is 0. The van der Waals surface area contributed by atoms with Crippen molar-refractivity contribution in [3.63, 3.8) is 0 Å². The lowest BCUT2D eigenvalue weighted by Gasteiger charge is -2.30. The van der Waals surface area contributed by atoms with E-state index in [1.807, 2.05) is 0 Å². The van der Waals surface area contributed by atoms with Gasteiger partial charge in [-0.05, 0) is 34.6 Å². The van der Waals surface area contributed by atoms with Crippen LogP contribution in [0.15, 0.2) is 15.9 Å². The van der Waals surface area contributed by atoms with E-state index in [9.17, 15) is 0 Å². The largest absolute Gasteiger partial charge is 0.376 e. The topological polar surface area (TPSA) is 30.5 Å². The number of hydrogen-bond acceptors (Lipinski definition) is 4. The summed E-state index contributed by atoms with van der Waals surface area (Å²) in [5, 5.41) is 3.47. The summed E-state index contributed by atoms with van der Waals surface area (Å²) in [6.07, 6.45) is 0.124. The van der Waals surface area contributed by atoms with Crippen molar-refractivity contribution in [1.29, 1.82) is 0 Å². The molecule has 0 bridgehead atoms. The average molecular weight is 306 g/mol. The van der Waals surface area contributed by atoms with Gasteiger partial charge >= 0.3 is 0 Å². The van der Waals surface area contributed by atoms with Crippen molar-refractivity contribution in [3.8, 4) is 0 Å². The van der Waals surface area contributed by atoms with E-state index in [1.54, 1.807) is 11.3 Å². The van der Waals surface area contributed by atoms with Crippen molar-refractivity contribution < 1.29 is 9.47 Å². The zero-order valence-electron chi connectivity index (χ0n) is 9.24. The van der Waals surface area contributed by atoms with Gasteiger partial charge in [0.1, 0.15) is 6.10 Å². The second-order valence-corrected chi connectivity index (χ2v) is 6.16. The molecule has 1 saturated heterocycles. The molecule has 2 rings (SSSR count). The zero-order valence-corrected chi connectivity index (χ0v) is 11.6. The van der Waals surface area contributed by atoms with Crippen LogP contribution in [0.25, 0.3) is 0 Å². The van der Waals surface area contributed by atoms with Gasteiger partial charge in [-0.1, -0.05) is 6.92 Å². The lowest BCUT2D eigenvalue weighted by molar-refractivity contribution is -0.102. The summed E-state index contributed by atoms with van der Waals surface area (Å²) in [6.45, 7) is 5.12. The third-order valence-electron chi connectivity index (χ3n) is 2.54. The summed E-state index contributed by atoms with van der Waals surface area (Å²) < 4.78 is 12.4. The molecule has 16 heavy (non-hydrogen) atoms. The van der Waals surface area contributed by atoms with Gasteiger partial charge in [-0.3, -0.25) is 0 Å². The van der Waals surface area contributed by atoms with Crippen molar-refractivity contribution in [2.24, 2.45) is 0 Å². The van der Waals surface area contributed by atoms with Crippen LogP contribution in [0, 0.1) is 0 Å². The van der Waals surface area contributed by atoms with E-state index in [2.05, 4.69) is 40.3 Å². The summed E-state index contributed by atoms with van der Waals surface area (Å²) in [4.78, 5) is 1.30. The lowest BCUT2D eigenvalue weighted by Crippen LogP contribution is -2.40. The Labute approximate surface area is 108 Å². The number of halogens is 1. The zero-order chi connectivity index (χ0) is 11.4. The van der Waals surface area contributed by atoms with Gasteiger partial charge in [-0.15, -0.1) is 11.3 Å². The van der Waals surface area contributed by atoms with E-state index in [0.29, 0.717) is 19.8 Å². The van der Waals surface area contributed by atoms with Gasteiger partial charge in [0.25, 0.3) is 0 Å². The molecular weight excluding hydrogens is 290 g/mol. The Balaban J connectivity index is 2.09. The van der Waals surface area contributed by atoms with Gasteiger partial charge in [0.05, 0.1) is 29.6 Å². The number of nitrogens with one attached hydrogen (secondary N) is 1. The quantitative estimate of drug-likeness (QED) is 0.927. The number of likely N-dealkylation sites (N-methyl/N-ethyl adjacent to an activating group) is 1. The fraction of sp³-hybridized carbons (Fsp3) is 0.636. The van der Waals surface area contributed by atoms with Gasteiger partial charge in [-0.2, -0.15) is 0 Å². The van der Waals surface area contributed by atoms with E-state index in [1.165, 1.54) is 4.88 Å². The highest BCUT2D eigenvalue weighted by Crippen LogP contribution is 2.30. The van der Waals surface area contributed by atoms with E-state index in [0.717, 1.165) is 10.3 Å². The van der Waals surface area contributed by atoms with Crippen LogP contribution in [0.4, 0.5) is 0 Å². The van der Waals surface area contributed by atoms with Crippen molar-refractivity contribution >= 4 is 27.3 Å². The second-order valence-electron chi connectivity index (χ2n) is 3.66. The molecular formula is C11H16BrNO2S. The van der Waals surface area contributed by atoms with Crippen LogP contribution in [0.2, 0.25) is 0 Å². The maximum Gasteiger partial charge on any atom is 0.101 e. The molecule has 5 heteroatoms. The van der Waals surface area contributed by atoms with Crippen molar-refractivity contribution in [1.82, 2.24) is 5.32 Å². The summed E-state index contributed by atoms with van der Waals surface area (Å²) in [5.41, 5.74) is 0. The van der Waals surface area contributed by atoms with Crippen molar-refractivity contribution in [2.75, 3.05) is 26.4 Å². The van der Waals surface area contributed by atoms with Crippen LogP contribution in [-0.4, -0.2) is 32.5 Å². The first-order valence-electron chi connectivity index (χ1n) is 5.49. The van der Waals surface area contributed by atoms with Crippen LogP contribution < -0.4 is 5.32 Å². The molecule has 0 saturated carbocycles. The molecule has 0 aliphatic carbocycles. The Kier molecular flexibility index (Phi) is 4.79. The second kappa shape index (κ2) is 6.12. The molecule has 0 spiro atoms. The van der Waals surface area contributed by atoms with Gasteiger partial charge in [0.2, 0.25) is 0 Å². The highest BCUT2D eigenvalue weighted by Gasteiger charge is 2.26.